The van der Waals surface area contributed by atoms with Crippen molar-refractivity contribution in [1.82, 2.24) is 19.9 Å². The molecule has 5 aromatic rings. The van der Waals surface area contributed by atoms with Crippen molar-refractivity contribution in [3.05, 3.63) is 90.3 Å². The summed E-state index contributed by atoms with van der Waals surface area (Å²) in [7, 11) is 1.53. The predicted molar refractivity (Wildman–Crippen MR) is 132 cm³/mol. The number of ether oxygens (including phenoxy) is 1. The minimum atomic E-state index is -4.41. The number of rotatable bonds is 5. The van der Waals surface area contributed by atoms with Gasteiger partial charge >= 0.3 is 6.18 Å². The number of benzene rings is 2. The van der Waals surface area contributed by atoms with E-state index in [0.29, 0.717) is 39.7 Å². The number of hydrogen-bond donors (Lipinski definition) is 1. The van der Waals surface area contributed by atoms with Gasteiger partial charge in [-0.2, -0.15) is 13.2 Å². The first-order valence-electron chi connectivity index (χ1n) is 11.0. The van der Waals surface area contributed by atoms with Crippen molar-refractivity contribution in [2.45, 2.75) is 13.1 Å². The molecule has 0 atom stereocenters. The maximum Gasteiger partial charge on any atom is 0.416 e. The lowest BCUT2D eigenvalue weighted by Crippen LogP contribution is -2.05. The van der Waals surface area contributed by atoms with E-state index >= 15 is 0 Å². The molecule has 0 aliphatic rings. The van der Waals surface area contributed by atoms with Crippen molar-refractivity contribution in [2.75, 3.05) is 12.4 Å². The third-order valence-electron chi connectivity index (χ3n) is 5.66. The molecule has 9 heteroatoms. The summed E-state index contributed by atoms with van der Waals surface area (Å²) in [6, 6.07) is 17.9. The number of hydrogen-bond acceptors (Lipinski definition) is 6. The molecule has 3 heterocycles. The first-order valence-corrected chi connectivity index (χ1v) is 11.0. The molecule has 0 aliphatic carbocycles. The van der Waals surface area contributed by atoms with Crippen LogP contribution in [0.1, 0.15) is 11.1 Å². The molecule has 0 fully saturated rings. The second-order valence-corrected chi connectivity index (χ2v) is 8.09. The van der Waals surface area contributed by atoms with Crippen LogP contribution in [0.25, 0.3) is 33.5 Å². The van der Waals surface area contributed by atoms with Crippen molar-refractivity contribution in [2.24, 2.45) is 0 Å². The van der Waals surface area contributed by atoms with E-state index in [4.69, 9.17) is 9.72 Å². The van der Waals surface area contributed by atoms with Crippen molar-refractivity contribution in [3.8, 4) is 28.5 Å². The second-order valence-electron chi connectivity index (χ2n) is 8.09. The molecule has 2 aromatic carbocycles. The third-order valence-corrected chi connectivity index (χ3v) is 5.66. The number of alkyl halides is 3. The van der Waals surface area contributed by atoms with Gasteiger partial charge in [-0.05, 0) is 61.0 Å². The smallest absolute Gasteiger partial charge is 0.416 e. The minimum absolute atomic E-state index is 0.405. The van der Waals surface area contributed by atoms with Crippen molar-refractivity contribution >= 4 is 22.4 Å². The Morgan fingerprint density at radius 3 is 2.31 bits per heavy atom. The minimum Gasteiger partial charge on any atom is -0.481 e. The number of aryl methyl sites for hydroxylation is 1. The Labute approximate surface area is 204 Å². The van der Waals surface area contributed by atoms with Gasteiger partial charge in [0.25, 0.3) is 0 Å². The molecule has 0 aliphatic heterocycles. The van der Waals surface area contributed by atoms with E-state index in [1.54, 1.807) is 24.5 Å². The van der Waals surface area contributed by atoms with Crippen LogP contribution in [-0.2, 0) is 6.18 Å². The Morgan fingerprint density at radius 2 is 1.64 bits per heavy atom. The van der Waals surface area contributed by atoms with Gasteiger partial charge in [-0.3, -0.25) is 4.98 Å². The van der Waals surface area contributed by atoms with Gasteiger partial charge in [0.15, 0.2) is 5.82 Å². The number of halogens is 3. The van der Waals surface area contributed by atoms with Crippen LogP contribution in [0.2, 0.25) is 0 Å². The van der Waals surface area contributed by atoms with Crippen molar-refractivity contribution < 1.29 is 17.9 Å². The number of fused-ring (bicyclic) bond motifs is 1. The van der Waals surface area contributed by atoms with E-state index in [1.165, 1.54) is 19.2 Å². The van der Waals surface area contributed by atoms with Gasteiger partial charge in [-0.1, -0.05) is 12.1 Å². The Balaban J connectivity index is 1.62. The maximum absolute atomic E-state index is 13.0. The molecule has 0 bridgehead atoms. The van der Waals surface area contributed by atoms with Gasteiger partial charge in [0, 0.05) is 40.7 Å². The Hall–Kier alpha value is -4.53. The molecule has 3 aromatic heterocycles. The molecule has 0 unspecified atom stereocenters. The molecule has 0 radical (unpaired) electrons. The van der Waals surface area contributed by atoms with E-state index in [1.807, 2.05) is 37.3 Å². The Kier molecular flexibility index (Phi) is 5.97. The molecule has 180 valence electrons. The third kappa shape index (κ3) is 4.68. The van der Waals surface area contributed by atoms with Crippen LogP contribution in [0.3, 0.4) is 0 Å². The van der Waals surface area contributed by atoms with Gasteiger partial charge in [0.1, 0.15) is 5.82 Å². The van der Waals surface area contributed by atoms with Gasteiger partial charge < -0.3 is 10.1 Å². The van der Waals surface area contributed by atoms with Gasteiger partial charge in [-0.15, -0.1) is 0 Å². The fraction of sp³-hybridized carbons (Fsp3) is 0.111. The lowest BCUT2D eigenvalue weighted by Gasteiger charge is -2.13. The van der Waals surface area contributed by atoms with Crippen LogP contribution in [0.15, 0.2) is 79.1 Å². The molecule has 0 spiro atoms. The maximum atomic E-state index is 13.0. The lowest BCUT2D eigenvalue weighted by atomic mass is 10.0. The summed E-state index contributed by atoms with van der Waals surface area (Å²) in [6.45, 7) is 1.98. The zero-order valence-electron chi connectivity index (χ0n) is 19.3. The second kappa shape index (κ2) is 9.26. The van der Waals surface area contributed by atoms with E-state index in [2.05, 4.69) is 20.3 Å². The van der Waals surface area contributed by atoms with E-state index in [0.717, 1.165) is 29.0 Å². The first kappa shape index (κ1) is 23.2. The van der Waals surface area contributed by atoms with E-state index in [9.17, 15) is 13.2 Å². The van der Waals surface area contributed by atoms with Crippen LogP contribution in [0.5, 0.6) is 5.88 Å². The summed E-state index contributed by atoms with van der Waals surface area (Å²) in [4.78, 5) is 18.2. The van der Waals surface area contributed by atoms with E-state index in [-0.39, 0.29) is 0 Å². The number of nitrogens with zero attached hydrogens (tertiary/aromatic N) is 4. The van der Waals surface area contributed by atoms with E-state index < -0.39 is 11.7 Å². The molecule has 0 saturated heterocycles. The number of aromatic nitrogens is 4. The summed E-state index contributed by atoms with van der Waals surface area (Å²) in [5.74, 6) is 1.31. The molecular formula is C27H20F3N5O. The summed E-state index contributed by atoms with van der Waals surface area (Å²) < 4.78 is 44.1. The molecule has 0 amide bonds. The van der Waals surface area contributed by atoms with Gasteiger partial charge in [0.2, 0.25) is 5.88 Å². The molecule has 0 saturated carbocycles. The monoisotopic (exact) mass is 487 g/mol. The largest absolute Gasteiger partial charge is 0.481 e. The molecule has 36 heavy (non-hydrogen) atoms. The highest BCUT2D eigenvalue weighted by Crippen LogP contribution is 2.33. The number of nitrogens with one attached hydrogen (secondary N) is 1. The topological polar surface area (TPSA) is 72.8 Å². The highest BCUT2D eigenvalue weighted by atomic mass is 19.4. The molecule has 6 nitrogen and oxygen atoms in total. The van der Waals surface area contributed by atoms with Crippen LogP contribution in [0, 0.1) is 6.92 Å². The van der Waals surface area contributed by atoms with Crippen LogP contribution in [-0.4, -0.2) is 27.0 Å². The summed E-state index contributed by atoms with van der Waals surface area (Å²) in [5, 5.41) is 3.86. The van der Waals surface area contributed by atoms with Crippen LogP contribution in [0.4, 0.5) is 24.7 Å². The van der Waals surface area contributed by atoms with Crippen LogP contribution < -0.4 is 10.1 Å². The summed E-state index contributed by atoms with van der Waals surface area (Å²) in [6.07, 6.45) is -1.07. The van der Waals surface area contributed by atoms with Gasteiger partial charge in [-0.25, -0.2) is 15.0 Å². The molecule has 1 N–H and O–H groups in total. The first-order chi connectivity index (χ1) is 17.3. The fourth-order valence-electron chi connectivity index (χ4n) is 3.80. The molecular weight excluding hydrogens is 467 g/mol. The quantitative estimate of drug-likeness (QED) is 0.293. The standard InChI is InChI=1S/C27H20F3N5O/c1-16-4-3-13-31-24(16)17-5-11-21-22(14-17)34-25(18-6-12-23(36-2)32-15-18)35-26(21)33-20-9-7-19(8-10-20)27(28,29)30/h3-15H,1-2H3,(H,33,34,35). The lowest BCUT2D eigenvalue weighted by molar-refractivity contribution is -0.137. The molecule has 5 rings (SSSR count). The average molecular weight is 487 g/mol. The Morgan fingerprint density at radius 1 is 0.861 bits per heavy atom. The zero-order chi connectivity index (χ0) is 25.3. The average Bonchev–Trinajstić information content (AvgIpc) is 2.88. The van der Waals surface area contributed by atoms with Gasteiger partial charge in [0.05, 0.1) is 23.9 Å². The number of pyridine rings is 2. The number of anilines is 2. The zero-order valence-corrected chi connectivity index (χ0v) is 19.3. The Bertz CT molecular complexity index is 1530. The summed E-state index contributed by atoms with van der Waals surface area (Å²) >= 11 is 0. The SMILES string of the molecule is COc1ccc(-c2nc(Nc3ccc(C(F)(F)F)cc3)c3ccc(-c4ncccc4C)cc3n2)cn1. The van der Waals surface area contributed by atoms with Crippen LogP contribution >= 0.6 is 0 Å². The fourth-order valence-corrected chi connectivity index (χ4v) is 3.80. The normalized spacial score (nSPS) is 11.5. The highest BCUT2D eigenvalue weighted by molar-refractivity contribution is 5.94. The van der Waals surface area contributed by atoms with Crippen molar-refractivity contribution in [1.29, 1.82) is 0 Å². The predicted octanol–water partition coefficient (Wildman–Crippen LogP) is 6.83. The van der Waals surface area contributed by atoms with Crippen molar-refractivity contribution in [3.63, 3.8) is 0 Å². The number of methoxy groups -OCH3 is 1. The summed E-state index contributed by atoms with van der Waals surface area (Å²) in [5.41, 5.74) is 3.79. The highest BCUT2D eigenvalue weighted by Gasteiger charge is 2.30.